The first-order chi connectivity index (χ1) is 11.8. The lowest BCUT2D eigenvalue weighted by Gasteiger charge is -2.31. The second kappa shape index (κ2) is 4.91. The molecule has 2 N–H and O–H groups in total. The molecular weight excluding hydrogens is 296 g/mol. The minimum atomic E-state index is -0.926. The van der Waals surface area contributed by atoms with Crippen LogP contribution in [-0.4, -0.2) is 10.2 Å². The van der Waals surface area contributed by atoms with Gasteiger partial charge in [-0.15, -0.1) is 0 Å². The number of hydrogen-bond acceptors (Lipinski definition) is 2. The first kappa shape index (κ1) is 13.7. The van der Waals surface area contributed by atoms with Crippen LogP contribution in [0.3, 0.4) is 0 Å². The molecule has 0 fully saturated rings. The van der Waals surface area contributed by atoms with Gasteiger partial charge < -0.3 is 10.2 Å². The van der Waals surface area contributed by atoms with E-state index in [0.717, 1.165) is 43.8 Å². The molecule has 24 heavy (non-hydrogen) atoms. The largest absolute Gasteiger partial charge is 0.385 e. The highest BCUT2D eigenvalue weighted by molar-refractivity contribution is 5.98. The monoisotopic (exact) mass is 312 g/mol. The van der Waals surface area contributed by atoms with Gasteiger partial charge in [-0.3, -0.25) is 0 Å². The number of rotatable bonds is 0. The van der Waals surface area contributed by atoms with Crippen molar-refractivity contribution in [1.29, 1.82) is 0 Å². The summed E-state index contributed by atoms with van der Waals surface area (Å²) in [6.07, 6.45) is -1.85. The van der Waals surface area contributed by atoms with Crippen LogP contribution in [0.1, 0.15) is 23.3 Å². The van der Waals surface area contributed by atoms with E-state index in [1.54, 1.807) is 0 Å². The lowest BCUT2D eigenvalue weighted by atomic mass is 9.78. The van der Waals surface area contributed by atoms with Gasteiger partial charge in [-0.2, -0.15) is 0 Å². The van der Waals surface area contributed by atoms with Crippen molar-refractivity contribution in [3.05, 3.63) is 83.9 Å². The molecule has 2 atom stereocenters. The van der Waals surface area contributed by atoms with E-state index >= 15 is 0 Å². The van der Waals surface area contributed by atoms with Crippen molar-refractivity contribution < 1.29 is 10.2 Å². The topological polar surface area (TPSA) is 40.5 Å². The lowest BCUT2D eigenvalue weighted by molar-refractivity contribution is 0.0176. The molecule has 4 aromatic rings. The van der Waals surface area contributed by atoms with Crippen molar-refractivity contribution in [3.63, 3.8) is 0 Å². The molecule has 0 bridgehead atoms. The highest BCUT2D eigenvalue weighted by atomic mass is 16.3. The van der Waals surface area contributed by atoms with Crippen LogP contribution in [0.25, 0.3) is 32.7 Å². The summed E-state index contributed by atoms with van der Waals surface area (Å²) in [6, 6.07) is 24.3. The van der Waals surface area contributed by atoms with Crippen molar-refractivity contribution in [3.8, 4) is 11.1 Å². The zero-order chi connectivity index (χ0) is 16.3. The van der Waals surface area contributed by atoms with Gasteiger partial charge in [0.2, 0.25) is 0 Å². The van der Waals surface area contributed by atoms with E-state index in [0.29, 0.717) is 0 Å². The van der Waals surface area contributed by atoms with Crippen LogP contribution in [-0.2, 0) is 0 Å². The Labute approximate surface area is 139 Å². The SMILES string of the molecule is O[C@@H]1c2c(ccc3ccccc23)-c2ccc3ccccc3c2[C@H]1O. The fourth-order valence-corrected chi connectivity index (χ4v) is 4.01. The molecule has 0 unspecified atom stereocenters. The molecule has 1 aliphatic carbocycles. The molecule has 0 saturated heterocycles. The smallest absolute Gasteiger partial charge is 0.110 e. The van der Waals surface area contributed by atoms with Crippen LogP contribution in [0.5, 0.6) is 0 Å². The van der Waals surface area contributed by atoms with Crippen LogP contribution in [0.15, 0.2) is 72.8 Å². The van der Waals surface area contributed by atoms with E-state index in [1.165, 1.54) is 0 Å². The molecule has 0 saturated carbocycles. The minimum Gasteiger partial charge on any atom is -0.385 e. The van der Waals surface area contributed by atoms with Crippen LogP contribution in [0.4, 0.5) is 0 Å². The lowest BCUT2D eigenvalue weighted by Crippen LogP contribution is -2.18. The fraction of sp³-hybridized carbons (Fsp3) is 0.0909. The molecule has 1 aliphatic rings. The van der Waals surface area contributed by atoms with Crippen LogP contribution < -0.4 is 0 Å². The molecular formula is C22H16O2. The molecule has 0 aliphatic heterocycles. The third-order valence-electron chi connectivity index (χ3n) is 5.12. The van der Waals surface area contributed by atoms with E-state index in [9.17, 15) is 10.2 Å². The van der Waals surface area contributed by atoms with Gasteiger partial charge in [-0.05, 0) is 43.8 Å². The number of aliphatic hydroxyl groups is 2. The molecule has 4 aromatic carbocycles. The summed E-state index contributed by atoms with van der Waals surface area (Å²) in [5, 5.41) is 25.9. The number of fused-ring (bicyclic) bond motifs is 7. The highest BCUT2D eigenvalue weighted by Crippen LogP contribution is 2.49. The molecule has 0 aromatic heterocycles. The molecule has 0 amide bonds. The molecule has 2 nitrogen and oxygen atoms in total. The van der Waals surface area contributed by atoms with Crippen molar-refractivity contribution in [2.75, 3.05) is 0 Å². The number of benzene rings is 4. The van der Waals surface area contributed by atoms with Crippen molar-refractivity contribution >= 4 is 21.5 Å². The van der Waals surface area contributed by atoms with Crippen LogP contribution in [0, 0.1) is 0 Å². The van der Waals surface area contributed by atoms with E-state index in [-0.39, 0.29) is 0 Å². The predicted octanol–water partition coefficient (Wildman–Crippen LogP) is 4.74. The Morgan fingerprint density at radius 3 is 1.38 bits per heavy atom. The molecule has 116 valence electrons. The maximum atomic E-state index is 10.9. The minimum absolute atomic E-state index is 0.823. The summed E-state index contributed by atoms with van der Waals surface area (Å²) in [4.78, 5) is 0. The Hall–Kier alpha value is -2.68. The third-order valence-corrected chi connectivity index (χ3v) is 5.12. The molecule has 2 heteroatoms. The first-order valence-electron chi connectivity index (χ1n) is 8.15. The summed E-state index contributed by atoms with van der Waals surface area (Å²) in [5.74, 6) is 0. The van der Waals surface area contributed by atoms with Gasteiger partial charge in [-0.1, -0.05) is 72.8 Å². The Balaban J connectivity index is 1.94. The first-order valence-corrected chi connectivity index (χ1v) is 8.15. The Bertz CT molecular complexity index is 1010. The fourth-order valence-electron chi connectivity index (χ4n) is 4.01. The third kappa shape index (κ3) is 1.72. The van der Waals surface area contributed by atoms with E-state index in [2.05, 4.69) is 24.3 Å². The number of hydrogen-bond donors (Lipinski definition) is 2. The zero-order valence-electron chi connectivity index (χ0n) is 13.0. The van der Waals surface area contributed by atoms with Crippen LogP contribution in [0.2, 0.25) is 0 Å². The maximum absolute atomic E-state index is 10.9. The summed E-state index contributed by atoms with van der Waals surface area (Å²) >= 11 is 0. The van der Waals surface area contributed by atoms with E-state index in [4.69, 9.17) is 0 Å². The summed E-state index contributed by atoms with van der Waals surface area (Å²) in [5.41, 5.74) is 3.66. The standard InChI is InChI=1S/C22H16O2/c23-21-19-15-7-3-1-5-13(15)9-11-17(19)18-12-10-14-6-2-4-8-16(14)20(18)22(21)24/h1-12,21-24H/t21-,22-/m1/s1. The second-order valence-electron chi connectivity index (χ2n) is 6.39. The summed E-state index contributed by atoms with van der Waals surface area (Å²) in [6.45, 7) is 0. The van der Waals surface area contributed by atoms with Gasteiger partial charge in [0.25, 0.3) is 0 Å². The predicted molar refractivity (Wildman–Crippen MR) is 96.8 cm³/mol. The molecule has 0 heterocycles. The van der Waals surface area contributed by atoms with Gasteiger partial charge in [0.05, 0.1) is 0 Å². The van der Waals surface area contributed by atoms with Crippen molar-refractivity contribution in [1.82, 2.24) is 0 Å². The molecule has 0 radical (unpaired) electrons. The maximum Gasteiger partial charge on any atom is 0.110 e. The van der Waals surface area contributed by atoms with Gasteiger partial charge in [0, 0.05) is 0 Å². The quantitative estimate of drug-likeness (QED) is 0.492. The van der Waals surface area contributed by atoms with Crippen molar-refractivity contribution in [2.45, 2.75) is 12.2 Å². The Morgan fingerprint density at radius 2 is 0.917 bits per heavy atom. The zero-order valence-corrected chi connectivity index (χ0v) is 13.0. The molecule has 0 spiro atoms. The van der Waals surface area contributed by atoms with Gasteiger partial charge in [0.15, 0.2) is 0 Å². The van der Waals surface area contributed by atoms with Crippen LogP contribution >= 0.6 is 0 Å². The normalized spacial score (nSPS) is 19.2. The average Bonchev–Trinajstić information content (AvgIpc) is 2.64. The van der Waals surface area contributed by atoms with E-state index < -0.39 is 12.2 Å². The Kier molecular flexibility index (Phi) is 2.81. The average molecular weight is 312 g/mol. The van der Waals surface area contributed by atoms with E-state index in [1.807, 2.05) is 48.5 Å². The summed E-state index contributed by atoms with van der Waals surface area (Å²) < 4.78 is 0. The van der Waals surface area contributed by atoms with Gasteiger partial charge in [0.1, 0.15) is 12.2 Å². The van der Waals surface area contributed by atoms with Crippen molar-refractivity contribution in [2.24, 2.45) is 0 Å². The second-order valence-corrected chi connectivity index (χ2v) is 6.39. The molecule has 5 rings (SSSR count). The van der Waals surface area contributed by atoms with Gasteiger partial charge >= 0.3 is 0 Å². The highest BCUT2D eigenvalue weighted by Gasteiger charge is 2.33. The summed E-state index contributed by atoms with van der Waals surface area (Å²) in [7, 11) is 0. The Morgan fingerprint density at radius 1 is 0.500 bits per heavy atom. The number of aliphatic hydroxyl groups excluding tert-OH is 2. The van der Waals surface area contributed by atoms with Gasteiger partial charge in [-0.25, -0.2) is 0 Å².